The van der Waals surface area contributed by atoms with Crippen LogP contribution < -0.4 is 9.47 Å². The van der Waals surface area contributed by atoms with Crippen LogP contribution in [0.1, 0.15) is 171 Å². The molecule has 43 heavy (non-hydrogen) atoms. The largest absolute Gasteiger partial charge is 0.494 e. The summed E-state index contributed by atoms with van der Waals surface area (Å²) in [4.78, 5) is 12.6. The van der Waals surface area contributed by atoms with E-state index in [9.17, 15) is 4.79 Å². The molecule has 0 N–H and O–H groups in total. The Morgan fingerprint density at radius 3 is 1.44 bits per heavy atom. The van der Waals surface area contributed by atoms with Gasteiger partial charge in [-0.1, -0.05) is 142 Å². The molecule has 0 saturated heterocycles. The second-order valence-electron chi connectivity index (χ2n) is 12.2. The third kappa shape index (κ3) is 18.2. The number of rotatable bonds is 27. The average molecular weight is 595 g/mol. The summed E-state index contributed by atoms with van der Waals surface area (Å²) in [5, 5.41) is 0. The summed E-state index contributed by atoms with van der Waals surface area (Å²) in [7, 11) is 0. The minimum atomic E-state index is -0.362. The Balaban J connectivity index is 1.55. The van der Waals surface area contributed by atoms with E-state index in [1.54, 1.807) is 12.1 Å². The first kappa shape index (κ1) is 36.9. The molecule has 0 spiro atoms. The lowest BCUT2D eigenvalue weighted by atomic mass is 10.1. The molecule has 2 rings (SSSR count). The van der Waals surface area contributed by atoms with Crippen molar-refractivity contribution in [2.75, 3.05) is 13.2 Å². The van der Waals surface area contributed by atoms with Crippen molar-refractivity contribution < 1.29 is 19.0 Å². The molecule has 0 saturated carbocycles. The standard InChI is InChI=1S/C39H62O4/c1-4-6-8-10-12-14-16-18-20-22-32-41-34(3)35-24-30-38(31-25-35)43-39(40)36-26-28-37(29-27-36)42-33-23-21-19-17-15-13-11-9-7-5-2/h24-31,34H,4-23,32-33H2,1-3H3. The molecule has 0 radical (unpaired) electrons. The number of unbranched alkanes of at least 4 members (excludes halogenated alkanes) is 18. The number of ether oxygens (including phenoxy) is 3. The Morgan fingerprint density at radius 1 is 0.535 bits per heavy atom. The third-order valence-electron chi connectivity index (χ3n) is 8.28. The van der Waals surface area contributed by atoms with Crippen molar-refractivity contribution in [2.24, 2.45) is 0 Å². The van der Waals surface area contributed by atoms with Crippen LogP contribution in [0.3, 0.4) is 0 Å². The maximum Gasteiger partial charge on any atom is 0.343 e. The second-order valence-corrected chi connectivity index (χ2v) is 12.2. The summed E-state index contributed by atoms with van der Waals surface area (Å²) in [6, 6.07) is 14.9. The van der Waals surface area contributed by atoms with Gasteiger partial charge in [-0.05, 0) is 61.7 Å². The maximum atomic E-state index is 12.6. The Bertz CT molecular complexity index is 921. The Hall–Kier alpha value is -2.33. The lowest BCUT2D eigenvalue weighted by Gasteiger charge is -2.14. The molecule has 1 atom stereocenters. The van der Waals surface area contributed by atoms with Gasteiger partial charge < -0.3 is 14.2 Å². The normalized spacial score (nSPS) is 11.9. The van der Waals surface area contributed by atoms with E-state index < -0.39 is 0 Å². The summed E-state index contributed by atoms with van der Waals surface area (Å²) in [6.45, 7) is 8.12. The van der Waals surface area contributed by atoms with E-state index in [0.29, 0.717) is 17.9 Å². The smallest absolute Gasteiger partial charge is 0.343 e. The molecule has 0 heterocycles. The first-order chi connectivity index (χ1) is 21.1. The molecular formula is C39H62O4. The quantitative estimate of drug-likeness (QED) is 0.0586. The van der Waals surface area contributed by atoms with Gasteiger partial charge >= 0.3 is 5.97 Å². The predicted molar refractivity (Wildman–Crippen MR) is 181 cm³/mol. The molecule has 0 fully saturated rings. The van der Waals surface area contributed by atoms with Gasteiger partial charge in [0.15, 0.2) is 0 Å². The minimum Gasteiger partial charge on any atom is -0.494 e. The van der Waals surface area contributed by atoms with Crippen molar-refractivity contribution in [3.63, 3.8) is 0 Å². The van der Waals surface area contributed by atoms with E-state index in [2.05, 4.69) is 20.8 Å². The zero-order valence-electron chi connectivity index (χ0n) is 27.9. The van der Waals surface area contributed by atoms with Gasteiger partial charge in [0.25, 0.3) is 0 Å². The van der Waals surface area contributed by atoms with Gasteiger partial charge in [-0.15, -0.1) is 0 Å². The molecule has 0 aliphatic rings. The van der Waals surface area contributed by atoms with Gasteiger partial charge in [-0.25, -0.2) is 4.79 Å². The predicted octanol–water partition coefficient (Wildman–Crippen LogP) is 12.2. The summed E-state index contributed by atoms with van der Waals surface area (Å²) >= 11 is 0. The fourth-order valence-corrected chi connectivity index (χ4v) is 5.39. The van der Waals surface area contributed by atoms with Crippen LogP contribution in [0.15, 0.2) is 48.5 Å². The van der Waals surface area contributed by atoms with Gasteiger partial charge in [0.05, 0.1) is 18.3 Å². The average Bonchev–Trinajstić information content (AvgIpc) is 3.03. The van der Waals surface area contributed by atoms with Gasteiger partial charge in [0.2, 0.25) is 0 Å². The fraction of sp³-hybridized carbons (Fsp3) is 0.667. The molecule has 242 valence electrons. The number of benzene rings is 2. The van der Waals surface area contributed by atoms with Crippen molar-refractivity contribution >= 4 is 5.97 Å². The number of carbonyl (C=O) groups is 1. The molecule has 2 aromatic carbocycles. The Labute approximate surface area is 264 Å². The lowest BCUT2D eigenvalue weighted by molar-refractivity contribution is 0.0627. The monoisotopic (exact) mass is 594 g/mol. The van der Waals surface area contributed by atoms with Crippen molar-refractivity contribution in [1.82, 2.24) is 0 Å². The van der Waals surface area contributed by atoms with E-state index in [1.165, 1.54) is 116 Å². The van der Waals surface area contributed by atoms with Gasteiger partial charge in [-0.3, -0.25) is 0 Å². The molecule has 4 heteroatoms. The van der Waals surface area contributed by atoms with E-state index in [0.717, 1.165) is 30.8 Å². The maximum absolute atomic E-state index is 12.6. The highest BCUT2D eigenvalue weighted by Crippen LogP contribution is 2.22. The van der Waals surface area contributed by atoms with E-state index >= 15 is 0 Å². The van der Waals surface area contributed by atoms with Crippen molar-refractivity contribution in [3.05, 3.63) is 59.7 Å². The highest BCUT2D eigenvalue weighted by Gasteiger charge is 2.11. The molecule has 2 aromatic rings. The SMILES string of the molecule is CCCCCCCCCCCCOc1ccc(C(=O)Oc2ccc(C(C)OCCCCCCCCCCCC)cc2)cc1. The minimum absolute atomic E-state index is 0.0242. The molecule has 0 amide bonds. The van der Waals surface area contributed by atoms with Crippen LogP contribution in [-0.2, 0) is 4.74 Å². The van der Waals surface area contributed by atoms with E-state index in [1.807, 2.05) is 36.4 Å². The van der Waals surface area contributed by atoms with Crippen molar-refractivity contribution in [1.29, 1.82) is 0 Å². The number of hydrogen-bond donors (Lipinski definition) is 0. The first-order valence-electron chi connectivity index (χ1n) is 17.8. The summed E-state index contributed by atoms with van der Waals surface area (Å²) in [5.74, 6) is 0.972. The highest BCUT2D eigenvalue weighted by atomic mass is 16.5. The summed E-state index contributed by atoms with van der Waals surface area (Å²) < 4.78 is 17.5. The third-order valence-corrected chi connectivity index (χ3v) is 8.28. The molecule has 0 aliphatic heterocycles. The van der Waals surface area contributed by atoms with Crippen LogP contribution in [0, 0.1) is 0 Å². The van der Waals surface area contributed by atoms with E-state index in [-0.39, 0.29) is 12.1 Å². The summed E-state index contributed by atoms with van der Waals surface area (Å²) in [6.07, 6.45) is 26.4. The molecule has 0 aliphatic carbocycles. The second kappa shape index (κ2) is 25.0. The Kier molecular flexibility index (Phi) is 21.5. The van der Waals surface area contributed by atoms with E-state index in [4.69, 9.17) is 14.2 Å². The molecule has 0 bridgehead atoms. The van der Waals surface area contributed by atoms with Crippen molar-refractivity contribution in [3.8, 4) is 11.5 Å². The zero-order valence-corrected chi connectivity index (χ0v) is 27.9. The number of esters is 1. The summed E-state index contributed by atoms with van der Waals surface area (Å²) in [5.41, 5.74) is 1.61. The van der Waals surface area contributed by atoms with Crippen LogP contribution >= 0.6 is 0 Å². The first-order valence-corrected chi connectivity index (χ1v) is 17.8. The molecular weight excluding hydrogens is 532 g/mol. The van der Waals surface area contributed by atoms with Crippen LogP contribution in [0.25, 0.3) is 0 Å². The van der Waals surface area contributed by atoms with Gasteiger partial charge in [0, 0.05) is 6.61 Å². The topological polar surface area (TPSA) is 44.8 Å². The zero-order chi connectivity index (χ0) is 30.8. The molecule has 4 nitrogen and oxygen atoms in total. The number of carbonyl (C=O) groups excluding carboxylic acids is 1. The highest BCUT2D eigenvalue weighted by molar-refractivity contribution is 5.91. The number of hydrogen-bond acceptors (Lipinski definition) is 4. The molecule has 0 aromatic heterocycles. The Morgan fingerprint density at radius 2 is 0.953 bits per heavy atom. The van der Waals surface area contributed by atoms with Crippen LogP contribution in [0.5, 0.6) is 11.5 Å². The van der Waals surface area contributed by atoms with Gasteiger partial charge in [-0.2, -0.15) is 0 Å². The fourth-order valence-electron chi connectivity index (χ4n) is 5.39. The van der Waals surface area contributed by atoms with Crippen LogP contribution in [0.4, 0.5) is 0 Å². The molecule has 1 unspecified atom stereocenters. The van der Waals surface area contributed by atoms with Crippen LogP contribution in [-0.4, -0.2) is 19.2 Å². The van der Waals surface area contributed by atoms with Crippen molar-refractivity contribution in [2.45, 2.75) is 155 Å². The van der Waals surface area contributed by atoms with Crippen LogP contribution in [0.2, 0.25) is 0 Å². The lowest BCUT2D eigenvalue weighted by Crippen LogP contribution is -2.09. The van der Waals surface area contributed by atoms with Gasteiger partial charge in [0.1, 0.15) is 11.5 Å².